The van der Waals surface area contributed by atoms with Crippen LogP contribution in [0.25, 0.3) is 0 Å². The van der Waals surface area contributed by atoms with Gasteiger partial charge in [-0.2, -0.15) is 0 Å². The van der Waals surface area contributed by atoms with E-state index < -0.39 is 5.41 Å². The van der Waals surface area contributed by atoms with Gasteiger partial charge in [0.2, 0.25) is 5.91 Å². The lowest BCUT2D eigenvalue weighted by Crippen LogP contribution is -2.41. The molecule has 0 bridgehead atoms. The molecule has 3 N–H and O–H groups in total. The van der Waals surface area contributed by atoms with E-state index in [1.165, 1.54) is 0 Å². The lowest BCUT2D eigenvalue weighted by molar-refractivity contribution is -0.125. The number of unbranched alkanes of at least 4 members (excludes halogenated alkanes) is 1. The molecule has 0 saturated carbocycles. The Kier molecular flexibility index (Phi) is 7.72. The summed E-state index contributed by atoms with van der Waals surface area (Å²) in [5, 5.41) is 2.99. The van der Waals surface area contributed by atoms with E-state index in [0.717, 1.165) is 24.0 Å². The third kappa shape index (κ3) is 4.84. The summed E-state index contributed by atoms with van der Waals surface area (Å²) < 4.78 is 0. The quantitative estimate of drug-likeness (QED) is 0.789. The number of hydrogen-bond acceptors (Lipinski definition) is 2. The highest BCUT2D eigenvalue weighted by molar-refractivity contribution is 5.87. The second-order valence-corrected chi connectivity index (χ2v) is 5.19. The molecule has 0 unspecified atom stereocenters. The fourth-order valence-corrected chi connectivity index (χ4v) is 2.09. The molecule has 1 aromatic rings. The van der Waals surface area contributed by atoms with E-state index in [1.54, 1.807) is 0 Å². The van der Waals surface area contributed by atoms with Crippen molar-refractivity contribution in [3.05, 3.63) is 35.4 Å². The van der Waals surface area contributed by atoms with Crippen LogP contribution in [0.4, 0.5) is 0 Å². The van der Waals surface area contributed by atoms with Gasteiger partial charge in [0.25, 0.3) is 0 Å². The van der Waals surface area contributed by atoms with Crippen molar-refractivity contribution < 1.29 is 4.79 Å². The van der Waals surface area contributed by atoms with E-state index in [0.29, 0.717) is 13.1 Å². The third-order valence-corrected chi connectivity index (χ3v) is 3.30. The van der Waals surface area contributed by atoms with Crippen LogP contribution < -0.4 is 11.1 Å². The normalized spacial score (nSPS) is 10.7. The van der Waals surface area contributed by atoms with E-state index >= 15 is 0 Å². The molecule has 1 aromatic carbocycles. The van der Waals surface area contributed by atoms with Crippen LogP contribution >= 0.6 is 12.4 Å². The summed E-state index contributed by atoms with van der Waals surface area (Å²) in [5.74, 6) is 0.0776. The smallest absolute Gasteiger partial charge is 0.230 e. The van der Waals surface area contributed by atoms with Crippen molar-refractivity contribution in [2.24, 2.45) is 5.73 Å². The Labute approximate surface area is 122 Å². The van der Waals surface area contributed by atoms with Crippen LogP contribution in [0.2, 0.25) is 0 Å². The minimum absolute atomic E-state index is 0. The van der Waals surface area contributed by atoms with Crippen molar-refractivity contribution in [1.29, 1.82) is 0 Å². The fourth-order valence-electron chi connectivity index (χ4n) is 2.09. The third-order valence-electron chi connectivity index (χ3n) is 3.30. The Morgan fingerprint density at radius 3 is 2.47 bits per heavy atom. The highest BCUT2D eigenvalue weighted by Gasteiger charge is 2.30. The zero-order chi connectivity index (χ0) is 13.6. The van der Waals surface area contributed by atoms with Gasteiger partial charge in [0.15, 0.2) is 0 Å². The summed E-state index contributed by atoms with van der Waals surface area (Å²) in [6, 6.07) is 8.04. The first-order valence-corrected chi connectivity index (χ1v) is 6.54. The van der Waals surface area contributed by atoms with Crippen LogP contribution in [0.3, 0.4) is 0 Å². The molecule has 0 fully saturated rings. The summed E-state index contributed by atoms with van der Waals surface area (Å²) in [4.78, 5) is 12.2. The Balaban J connectivity index is 0.00000324. The first-order chi connectivity index (χ1) is 8.50. The number of aryl methyl sites for hydroxylation is 1. The highest BCUT2D eigenvalue weighted by Crippen LogP contribution is 2.26. The number of nitrogens with two attached hydrogens (primary N) is 1. The molecule has 0 spiro atoms. The Hall–Kier alpha value is -1.06. The molecule has 0 aromatic heterocycles. The summed E-state index contributed by atoms with van der Waals surface area (Å²) in [7, 11) is 0. The molecular formula is C15H25ClN2O. The second-order valence-electron chi connectivity index (χ2n) is 5.19. The van der Waals surface area contributed by atoms with E-state index in [4.69, 9.17) is 5.73 Å². The number of halogens is 1. The molecule has 108 valence electrons. The van der Waals surface area contributed by atoms with Crippen LogP contribution in [-0.4, -0.2) is 19.0 Å². The minimum Gasteiger partial charge on any atom is -0.355 e. The number of rotatable bonds is 6. The van der Waals surface area contributed by atoms with Crippen molar-refractivity contribution in [3.63, 3.8) is 0 Å². The zero-order valence-electron chi connectivity index (χ0n) is 12.0. The average Bonchev–Trinajstić information content (AvgIpc) is 2.34. The molecule has 3 nitrogen and oxygen atoms in total. The van der Waals surface area contributed by atoms with Gasteiger partial charge in [0.1, 0.15) is 0 Å². The maximum absolute atomic E-state index is 12.2. The minimum atomic E-state index is -0.492. The lowest BCUT2D eigenvalue weighted by Gasteiger charge is -2.26. The second kappa shape index (κ2) is 8.18. The van der Waals surface area contributed by atoms with Gasteiger partial charge in [-0.1, -0.05) is 24.3 Å². The van der Waals surface area contributed by atoms with Gasteiger partial charge < -0.3 is 11.1 Å². The van der Waals surface area contributed by atoms with E-state index in [9.17, 15) is 4.79 Å². The van der Waals surface area contributed by atoms with Crippen molar-refractivity contribution in [1.82, 2.24) is 5.32 Å². The monoisotopic (exact) mass is 284 g/mol. The van der Waals surface area contributed by atoms with Crippen LogP contribution in [0, 0.1) is 6.92 Å². The molecule has 4 heteroatoms. The Bertz CT molecular complexity index is 405. The molecule has 0 aliphatic carbocycles. The fraction of sp³-hybridized carbons (Fsp3) is 0.533. The first kappa shape index (κ1) is 17.9. The number of amides is 1. The summed E-state index contributed by atoms with van der Waals surface area (Å²) >= 11 is 0. The predicted molar refractivity (Wildman–Crippen MR) is 82.8 cm³/mol. The van der Waals surface area contributed by atoms with E-state index in [-0.39, 0.29) is 18.3 Å². The summed E-state index contributed by atoms with van der Waals surface area (Å²) in [6.45, 7) is 7.35. The van der Waals surface area contributed by atoms with E-state index in [2.05, 4.69) is 5.32 Å². The van der Waals surface area contributed by atoms with Gasteiger partial charge in [0, 0.05) is 6.54 Å². The van der Waals surface area contributed by atoms with Gasteiger partial charge >= 0.3 is 0 Å². The van der Waals surface area contributed by atoms with Gasteiger partial charge in [-0.3, -0.25) is 4.79 Å². The van der Waals surface area contributed by atoms with Gasteiger partial charge in [-0.15, -0.1) is 12.4 Å². The van der Waals surface area contributed by atoms with Crippen molar-refractivity contribution in [2.75, 3.05) is 13.1 Å². The predicted octanol–water partition coefficient (Wildman–Crippen LogP) is 2.55. The van der Waals surface area contributed by atoms with Crippen molar-refractivity contribution in [3.8, 4) is 0 Å². The molecule has 0 heterocycles. The van der Waals surface area contributed by atoms with E-state index in [1.807, 2.05) is 45.0 Å². The zero-order valence-corrected chi connectivity index (χ0v) is 12.8. The highest BCUT2D eigenvalue weighted by atomic mass is 35.5. The largest absolute Gasteiger partial charge is 0.355 e. The van der Waals surface area contributed by atoms with Crippen LogP contribution in [0.5, 0.6) is 0 Å². The number of nitrogens with one attached hydrogen (secondary N) is 1. The topological polar surface area (TPSA) is 55.1 Å². The van der Waals surface area contributed by atoms with Gasteiger partial charge in [-0.25, -0.2) is 0 Å². The maximum Gasteiger partial charge on any atom is 0.230 e. The maximum atomic E-state index is 12.2. The molecule has 1 rings (SSSR count). The SMILES string of the molecule is Cc1ccccc1C(C)(C)C(=O)NCCCCN.Cl. The Morgan fingerprint density at radius 1 is 1.26 bits per heavy atom. The summed E-state index contributed by atoms with van der Waals surface area (Å²) in [5.41, 5.74) is 7.17. The molecular weight excluding hydrogens is 260 g/mol. The average molecular weight is 285 g/mol. The van der Waals surface area contributed by atoms with Gasteiger partial charge in [0.05, 0.1) is 5.41 Å². The van der Waals surface area contributed by atoms with Crippen molar-refractivity contribution in [2.45, 2.75) is 39.0 Å². The first-order valence-electron chi connectivity index (χ1n) is 6.54. The van der Waals surface area contributed by atoms with Crippen LogP contribution in [0.15, 0.2) is 24.3 Å². The van der Waals surface area contributed by atoms with Crippen molar-refractivity contribution >= 4 is 18.3 Å². The molecule has 0 aliphatic rings. The van der Waals surface area contributed by atoms with Crippen LogP contribution in [-0.2, 0) is 10.2 Å². The number of carbonyl (C=O) groups excluding carboxylic acids is 1. The standard InChI is InChI=1S/C15H24N2O.ClH/c1-12-8-4-5-9-13(12)15(2,3)14(18)17-11-7-6-10-16;/h4-5,8-9H,6-7,10-11,16H2,1-3H3,(H,17,18);1H. The molecule has 0 radical (unpaired) electrons. The molecule has 19 heavy (non-hydrogen) atoms. The Morgan fingerprint density at radius 2 is 1.89 bits per heavy atom. The van der Waals surface area contributed by atoms with Gasteiger partial charge in [-0.05, 0) is 51.3 Å². The molecule has 0 saturated heterocycles. The number of carbonyl (C=O) groups is 1. The molecule has 0 aliphatic heterocycles. The molecule has 0 atom stereocenters. The number of hydrogen-bond donors (Lipinski definition) is 2. The van der Waals surface area contributed by atoms with Crippen LogP contribution in [0.1, 0.15) is 37.8 Å². The summed E-state index contributed by atoms with van der Waals surface area (Å²) in [6.07, 6.45) is 1.89. The molecule has 1 amide bonds. The number of benzene rings is 1. The lowest BCUT2D eigenvalue weighted by atomic mass is 9.81.